The molecule has 1 N–H and O–H groups in total. The normalized spacial score (nSPS) is 12.0. The monoisotopic (exact) mass is 167 g/mol. The number of alkyl halides is 3. The Bertz CT molecular complexity index is 162. The smallest absolute Gasteiger partial charge is 0.345 e. The molecule has 11 heavy (non-hydrogen) atoms. The molecule has 1 amide bonds. The highest BCUT2D eigenvalue weighted by Gasteiger charge is 2.37. The SMILES string of the molecule is C/C=C/CNC(=O)C(F)(F)F. The second kappa shape index (κ2) is 4.00. The summed E-state index contributed by atoms with van der Waals surface area (Å²) in [5.74, 6) is -1.91. The number of halogens is 3. The summed E-state index contributed by atoms with van der Waals surface area (Å²) in [5, 5.41) is 1.67. The van der Waals surface area contributed by atoms with Crippen molar-refractivity contribution in [2.24, 2.45) is 0 Å². The second-order valence-corrected chi connectivity index (χ2v) is 1.78. The molecule has 0 aromatic rings. The standard InChI is InChI=1S/C6H8F3NO/c1-2-3-4-10-5(11)6(7,8)9/h2-3H,4H2,1H3,(H,10,11)/b3-2+. The van der Waals surface area contributed by atoms with E-state index in [-0.39, 0.29) is 6.54 Å². The summed E-state index contributed by atoms with van der Waals surface area (Å²) in [4.78, 5) is 10.1. The van der Waals surface area contributed by atoms with Gasteiger partial charge in [-0.1, -0.05) is 12.2 Å². The van der Waals surface area contributed by atoms with E-state index in [1.54, 1.807) is 18.3 Å². The van der Waals surface area contributed by atoms with Crippen molar-refractivity contribution in [3.63, 3.8) is 0 Å². The van der Waals surface area contributed by atoms with Gasteiger partial charge in [0.2, 0.25) is 0 Å². The van der Waals surface area contributed by atoms with Gasteiger partial charge in [-0.3, -0.25) is 4.79 Å². The van der Waals surface area contributed by atoms with Gasteiger partial charge in [0, 0.05) is 6.54 Å². The van der Waals surface area contributed by atoms with Crippen LogP contribution in [0.2, 0.25) is 0 Å². The molecular weight excluding hydrogens is 159 g/mol. The Hall–Kier alpha value is -1.00. The van der Waals surface area contributed by atoms with Crippen LogP contribution in [0.1, 0.15) is 6.92 Å². The average Bonchev–Trinajstić information content (AvgIpc) is 1.86. The van der Waals surface area contributed by atoms with Gasteiger partial charge in [0.25, 0.3) is 0 Å². The summed E-state index contributed by atoms with van der Waals surface area (Å²) in [5.41, 5.74) is 0. The average molecular weight is 167 g/mol. The molecule has 0 saturated carbocycles. The maximum atomic E-state index is 11.4. The summed E-state index contributed by atoms with van der Waals surface area (Å²) < 4.78 is 34.3. The van der Waals surface area contributed by atoms with Crippen molar-refractivity contribution in [1.29, 1.82) is 0 Å². The van der Waals surface area contributed by atoms with Crippen LogP contribution in [0.15, 0.2) is 12.2 Å². The molecule has 5 heteroatoms. The Morgan fingerprint density at radius 3 is 2.45 bits per heavy atom. The zero-order valence-corrected chi connectivity index (χ0v) is 5.90. The van der Waals surface area contributed by atoms with Gasteiger partial charge in [-0.2, -0.15) is 13.2 Å². The Morgan fingerprint density at radius 1 is 1.55 bits per heavy atom. The first kappa shape index (κ1) is 10.0. The molecule has 2 nitrogen and oxygen atoms in total. The second-order valence-electron chi connectivity index (χ2n) is 1.78. The van der Waals surface area contributed by atoms with E-state index in [0.29, 0.717) is 0 Å². The predicted octanol–water partition coefficient (Wildman–Crippen LogP) is 1.24. The third kappa shape index (κ3) is 4.41. The van der Waals surface area contributed by atoms with Crippen molar-refractivity contribution in [2.45, 2.75) is 13.1 Å². The number of nitrogens with one attached hydrogen (secondary N) is 1. The van der Waals surface area contributed by atoms with Gasteiger partial charge in [-0.25, -0.2) is 0 Å². The zero-order valence-electron chi connectivity index (χ0n) is 5.90. The van der Waals surface area contributed by atoms with Gasteiger partial charge in [-0.05, 0) is 6.92 Å². The minimum absolute atomic E-state index is 0.0884. The minimum atomic E-state index is -4.78. The summed E-state index contributed by atoms with van der Waals surface area (Å²) in [6, 6.07) is 0. The number of hydrogen-bond acceptors (Lipinski definition) is 1. The molecular formula is C6H8F3NO. The molecule has 0 saturated heterocycles. The molecule has 0 aliphatic heterocycles. The highest BCUT2D eigenvalue weighted by molar-refractivity contribution is 5.81. The van der Waals surface area contributed by atoms with Crippen LogP contribution in [0.25, 0.3) is 0 Å². The van der Waals surface area contributed by atoms with Crippen LogP contribution in [0.5, 0.6) is 0 Å². The van der Waals surface area contributed by atoms with Gasteiger partial charge in [-0.15, -0.1) is 0 Å². The van der Waals surface area contributed by atoms with Gasteiger partial charge in [0.05, 0.1) is 0 Å². The van der Waals surface area contributed by atoms with Gasteiger partial charge < -0.3 is 5.32 Å². The number of rotatable bonds is 2. The van der Waals surface area contributed by atoms with Crippen molar-refractivity contribution in [3.8, 4) is 0 Å². The lowest BCUT2D eigenvalue weighted by Crippen LogP contribution is -2.36. The molecule has 64 valence electrons. The highest BCUT2D eigenvalue weighted by atomic mass is 19.4. The van der Waals surface area contributed by atoms with Crippen LogP contribution in [0.4, 0.5) is 13.2 Å². The van der Waals surface area contributed by atoms with Crippen LogP contribution in [-0.2, 0) is 4.79 Å². The summed E-state index contributed by atoms with van der Waals surface area (Å²) >= 11 is 0. The first-order chi connectivity index (χ1) is 4.98. The van der Waals surface area contributed by atoms with Crippen LogP contribution in [-0.4, -0.2) is 18.6 Å². The molecule has 0 fully saturated rings. The summed E-state index contributed by atoms with van der Waals surface area (Å²) in [6.07, 6.45) is -1.80. The zero-order chi connectivity index (χ0) is 8.91. The van der Waals surface area contributed by atoms with Crippen molar-refractivity contribution in [1.82, 2.24) is 5.32 Å². The lowest BCUT2D eigenvalue weighted by Gasteiger charge is -2.04. The third-order valence-electron chi connectivity index (χ3n) is 0.874. The molecule has 0 heterocycles. The fraction of sp³-hybridized carbons (Fsp3) is 0.500. The molecule has 0 atom stereocenters. The van der Waals surface area contributed by atoms with Crippen LogP contribution < -0.4 is 5.32 Å². The number of allylic oxidation sites excluding steroid dienone is 1. The van der Waals surface area contributed by atoms with E-state index in [9.17, 15) is 18.0 Å². The molecule has 0 radical (unpaired) electrons. The quantitative estimate of drug-likeness (QED) is 0.616. The molecule has 0 bridgehead atoms. The van der Waals surface area contributed by atoms with Gasteiger partial charge in [0.1, 0.15) is 0 Å². The van der Waals surface area contributed by atoms with Crippen molar-refractivity contribution < 1.29 is 18.0 Å². The Morgan fingerprint density at radius 2 is 2.09 bits per heavy atom. The summed E-state index contributed by atoms with van der Waals surface area (Å²) in [6.45, 7) is 1.56. The molecule has 0 aliphatic rings. The summed E-state index contributed by atoms with van der Waals surface area (Å²) in [7, 11) is 0. The van der Waals surface area contributed by atoms with Crippen LogP contribution in [0, 0.1) is 0 Å². The van der Waals surface area contributed by atoms with E-state index in [4.69, 9.17) is 0 Å². The fourth-order valence-corrected chi connectivity index (χ4v) is 0.370. The van der Waals surface area contributed by atoms with Crippen molar-refractivity contribution in [2.75, 3.05) is 6.54 Å². The van der Waals surface area contributed by atoms with E-state index in [2.05, 4.69) is 0 Å². The van der Waals surface area contributed by atoms with Crippen molar-refractivity contribution >= 4 is 5.91 Å². The predicted molar refractivity (Wildman–Crippen MR) is 33.9 cm³/mol. The highest BCUT2D eigenvalue weighted by Crippen LogP contribution is 2.13. The van der Waals surface area contributed by atoms with E-state index in [1.165, 1.54) is 6.08 Å². The molecule has 0 aliphatic carbocycles. The van der Waals surface area contributed by atoms with Gasteiger partial charge >= 0.3 is 12.1 Å². The minimum Gasteiger partial charge on any atom is -0.345 e. The number of amides is 1. The maximum absolute atomic E-state index is 11.4. The molecule has 0 unspecified atom stereocenters. The van der Waals surface area contributed by atoms with E-state index < -0.39 is 12.1 Å². The lowest BCUT2D eigenvalue weighted by atomic mass is 10.5. The van der Waals surface area contributed by atoms with E-state index in [0.717, 1.165) is 0 Å². The molecule has 0 aromatic carbocycles. The van der Waals surface area contributed by atoms with E-state index in [1.807, 2.05) is 0 Å². The van der Waals surface area contributed by atoms with Crippen molar-refractivity contribution in [3.05, 3.63) is 12.2 Å². The largest absolute Gasteiger partial charge is 0.471 e. The fourth-order valence-electron chi connectivity index (χ4n) is 0.370. The Labute approximate surface area is 62.1 Å². The first-order valence-corrected chi connectivity index (χ1v) is 2.94. The number of carbonyl (C=O) groups is 1. The first-order valence-electron chi connectivity index (χ1n) is 2.94. The third-order valence-corrected chi connectivity index (χ3v) is 0.874. The molecule has 0 rings (SSSR count). The number of carbonyl (C=O) groups excluding carboxylic acids is 1. The van der Waals surface area contributed by atoms with Crippen LogP contribution in [0.3, 0.4) is 0 Å². The molecule has 0 spiro atoms. The topological polar surface area (TPSA) is 29.1 Å². The Balaban J connectivity index is 3.71. The van der Waals surface area contributed by atoms with Gasteiger partial charge in [0.15, 0.2) is 0 Å². The van der Waals surface area contributed by atoms with Crippen LogP contribution >= 0.6 is 0 Å². The molecule has 0 aromatic heterocycles. The number of hydrogen-bond donors (Lipinski definition) is 1. The van der Waals surface area contributed by atoms with E-state index >= 15 is 0 Å². The lowest BCUT2D eigenvalue weighted by molar-refractivity contribution is -0.173. The maximum Gasteiger partial charge on any atom is 0.471 e. The Kier molecular flexibility index (Phi) is 3.64.